The number of piperidine rings is 1. The first-order valence-corrected chi connectivity index (χ1v) is 9.50. The Bertz CT molecular complexity index is 910. The molecule has 10 heteroatoms. The fourth-order valence-corrected chi connectivity index (χ4v) is 4.04. The summed E-state index contributed by atoms with van der Waals surface area (Å²) < 4.78 is 0.598. The number of halogens is 1. The highest BCUT2D eigenvalue weighted by atomic mass is 79.9. The number of rotatable bonds is 4. The SMILES string of the molecule is CC1(NC(=O)O)CCN(C(C)(C)Cc2nc(C#N)c3c(Br)[nH]nc3n2)CC1. The number of nitrogens with one attached hydrogen (secondary N) is 2. The van der Waals surface area contributed by atoms with E-state index in [4.69, 9.17) is 5.11 Å². The van der Waals surface area contributed by atoms with Crippen LogP contribution < -0.4 is 5.32 Å². The van der Waals surface area contributed by atoms with Gasteiger partial charge in [-0.05, 0) is 49.5 Å². The van der Waals surface area contributed by atoms with Crippen molar-refractivity contribution >= 4 is 33.1 Å². The summed E-state index contributed by atoms with van der Waals surface area (Å²) in [5.41, 5.74) is 0.126. The molecule has 144 valence electrons. The number of nitriles is 1. The highest BCUT2D eigenvalue weighted by Gasteiger charge is 2.37. The summed E-state index contributed by atoms with van der Waals surface area (Å²) in [4.78, 5) is 22.2. The van der Waals surface area contributed by atoms with E-state index in [1.54, 1.807) is 0 Å². The number of nitrogens with zero attached hydrogens (tertiary/aromatic N) is 5. The molecule has 27 heavy (non-hydrogen) atoms. The van der Waals surface area contributed by atoms with Crippen LogP contribution in [0.25, 0.3) is 11.0 Å². The third-order valence-electron chi connectivity index (χ3n) is 5.24. The van der Waals surface area contributed by atoms with Crippen LogP contribution in [-0.4, -0.2) is 60.4 Å². The van der Waals surface area contributed by atoms with Crippen LogP contribution >= 0.6 is 15.9 Å². The Balaban J connectivity index is 1.76. The lowest BCUT2D eigenvalue weighted by atomic mass is 9.86. The third kappa shape index (κ3) is 4.04. The van der Waals surface area contributed by atoms with Gasteiger partial charge in [-0.15, -0.1) is 0 Å². The van der Waals surface area contributed by atoms with Gasteiger partial charge in [-0.2, -0.15) is 10.4 Å². The van der Waals surface area contributed by atoms with Gasteiger partial charge in [0.05, 0.1) is 5.39 Å². The van der Waals surface area contributed by atoms with E-state index in [0.29, 0.717) is 33.6 Å². The van der Waals surface area contributed by atoms with Crippen LogP contribution in [0.2, 0.25) is 0 Å². The molecule has 1 fully saturated rings. The van der Waals surface area contributed by atoms with E-state index in [9.17, 15) is 10.1 Å². The molecule has 3 heterocycles. The van der Waals surface area contributed by atoms with Gasteiger partial charge in [0, 0.05) is 30.6 Å². The topological polar surface area (TPSA) is 131 Å². The number of carboxylic acid groups (broad SMARTS) is 1. The molecule has 0 saturated carbocycles. The molecule has 1 aliphatic heterocycles. The standard InChI is InChI=1S/C17H22BrN7O2/c1-16(2,25-6-4-17(3,5-7-25)22-15(26)27)8-11-20-10(9-19)12-13(18)23-24-14(12)21-11/h22H,4-8H2,1-3H3,(H,26,27)(H,20,21,23,24). The lowest BCUT2D eigenvalue weighted by molar-refractivity contribution is 0.0574. The number of fused-ring (bicyclic) bond motifs is 1. The second-order valence-corrected chi connectivity index (χ2v) is 8.60. The molecule has 0 bridgehead atoms. The molecule has 3 rings (SSSR count). The molecular formula is C17H22BrN7O2. The number of hydrogen-bond acceptors (Lipinski definition) is 6. The fourth-order valence-electron chi connectivity index (χ4n) is 3.58. The molecule has 9 nitrogen and oxygen atoms in total. The molecule has 0 aromatic carbocycles. The van der Waals surface area contributed by atoms with E-state index in [1.165, 1.54) is 0 Å². The van der Waals surface area contributed by atoms with E-state index >= 15 is 0 Å². The van der Waals surface area contributed by atoms with Gasteiger partial charge in [0.2, 0.25) is 0 Å². The van der Waals surface area contributed by atoms with E-state index in [-0.39, 0.29) is 5.54 Å². The zero-order chi connectivity index (χ0) is 19.8. The largest absolute Gasteiger partial charge is 0.465 e. The smallest absolute Gasteiger partial charge is 0.405 e. The van der Waals surface area contributed by atoms with Crippen LogP contribution in [0, 0.1) is 11.3 Å². The summed E-state index contributed by atoms with van der Waals surface area (Å²) in [7, 11) is 0. The van der Waals surface area contributed by atoms with Gasteiger partial charge in [-0.1, -0.05) is 0 Å². The molecule has 1 aliphatic rings. The summed E-state index contributed by atoms with van der Waals surface area (Å²) in [6, 6.07) is 2.11. The minimum absolute atomic E-state index is 0.238. The minimum atomic E-state index is -0.985. The van der Waals surface area contributed by atoms with E-state index in [1.807, 2.05) is 6.92 Å². The zero-order valence-corrected chi connectivity index (χ0v) is 17.1. The fraction of sp³-hybridized carbons (Fsp3) is 0.588. The maximum Gasteiger partial charge on any atom is 0.405 e. The van der Waals surface area contributed by atoms with Crippen LogP contribution in [-0.2, 0) is 6.42 Å². The van der Waals surface area contributed by atoms with Crippen molar-refractivity contribution in [3.8, 4) is 6.07 Å². The van der Waals surface area contributed by atoms with Gasteiger partial charge in [0.15, 0.2) is 11.3 Å². The third-order valence-corrected chi connectivity index (χ3v) is 5.82. The van der Waals surface area contributed by atoms with Gasteiger partial charge in [0.25, 0.3) is 0 Å². The molecule has 0 radical (unpaired) electrons. The Morgan fingerprint density at radius 3 is 2.70 bits per heavy atom. The number of hydrogen-bond donors (Lipinski definition) is 3. The lowest BCUT2D eigenvalue weighted by Gasteiger charge is -2.46. The van der Waals surface area contributed by atoms with Gasteiger partial charge in [0.1, 0.15) is 16.5 Å². The van der Waals surface area contributed by atoms with Crippen molar-refractivity contribution in [1.29, 1.82) is 5.26 Å². The van der Waals surface area contributed by atoms with E-state index in [0.717, 1.165) is 25.9 Å². The van der Waals surface area contributed by atoms with Gasteiger partial charge in [-0.25, -0.2) is 14.8 Å². The molecule has 3 N–H and O–H groups in total. The minimum Gasteiger partial charge on any atom is -0.465 e. The number of aromatic amines is 1. The van der Waals surface area contributed by atoms with E-state index < -0.39 is 11.6 Å². The molecule has 0 spiro atoms. The van der Waals surface area contributed by atoms with Crippen molar-refractivity contribution in [1.82, 2.24) is 30.4 Å². The van der Waals surface area contributed by atoms with Crippen LogP contribution in [0.15, 0.2) is 4.60 Å². The number of likely N-dealkylation sites (tertiary alicyclic amines) is 1. The molecule has 1 saturated heterocycles. The predicted octanol–water partition coefficient (Wildman–Crippen LogP) is 2.43. The lowest BCUT2D eigenvalue weighted by Crippen LogP contribution is -2.57. The van der Waals surface area contributed by atoms with Crippen LogP contribution in [0.5, 0.6) is 0 Å². The monoisotopic (exact) mass is 435 g/mol. The second-order valence-electron chi connectivity index (χ2n) is 7.80. The zero-order valence-electron chi connectivity index (χ0n) is 15.5. The summed E-state index contributed by atoms with van der Waals surface area (Å²) in [6.07, 6.45) is 1.04. The van der Waals surface area contributed by atoms with Crippen molar-refractivity contribution in [2.45, 2.75) is 51.1 Å². The maximum atomic E-state index is 11.0. The first-order valence-electron chi connectivity index (χ1n) is 8.70. The Morgan fingerprint density at radius 2 is 2.11 bits per heavy atom. The Hall–Kier alpha value is -2.25. The molecule has 1 amide bonds. The Labute approximate surface area is 165 Å². The molecule has 2 aromatic rings. The average Bonchev–Trinajstić information content (AvgIpc) is 2.94. The predicted molar refractivity (Wildman–Crippen MR) is 102 cm³/mol. The normalized spacial score (nSPS) is 17.6. The Kier molecular flexibility index (Phi) is 5.10. The second kappa shape index (κ2) is 7.05. The number of H-pyrrole nitrogens is 1. The highest BCUT2D eigenvalue weighted by Crippen LogP contribution is 2.29. The first-order chi connectivity index (χ1) is 12.6. The van der Waals surface area contributed by atoms with Crippen molar-refractivity contribution in [2.24, 2.45) is 0 Å². The summed E-state index contributed by atoms with van der Waals surface area (Å²) in [5, 5.41) is 28.5. The highest BCUT2D eigenvalue weighted by molar-refractivity contribution is 9.10. The number of carbonyl (C=O) groups is 1. The Morgan fingerprint density at radius 1 is 1.44 bits per heavy atom. The van der Waals surface area contributed by atoms with Gasteiger partial charge >= 0.3 is 6.09 Å². The van der Waals surface area contributed by atoms with Crippen LogP contribution in [0.4, 0.5) is 4.79 Å². The summed E-state index contributed by atoms with van der Waals surface area (Å²) >= 11 is 3.33. The summed E-state index contributed by atoms with van der Waals surface area (Å²) in [5.74, 6) is 0.569. The average molecular weight is 436 g/mol. The first kappa shape index (κ1) is 19.5. The molecule has 2 aromatic heterocycles. The van der Waals surface area contributed by atoms with Crippen molar-refractivity contribution in [3.05, 3.63) is 16.1 Å². The number of aromatic nitrogens is 4. The van der Waals surface area contributed by atoms with Crippen molar-refractivity contribution in [2.75, 3.05) is 13.1 Å². The van der Waals surface area contributed by atoms with Gasteiger partial charge < -0.3 is 10.4 Å². The maximum absolute atomic E-state index is 11.0. The van der Waals surface area contributed by atoms with Crippen LogP contribution in [0.3, 0.4) is 0 Å². The molecule has 0 aliphatic carbocycles. The molecule has 0 atom stereocenters. The number of amides is 1. The van der Waals surface area contributed by atoms with Crippen molar-refractivity contribution < 1.29 is 9.90 Å². The molecule has 0 unspecified atom stereocenters. The molecular weight excluding hydrogens is 414 g/mol. The van der Waals surface area contributed by atoms with E-state index in [2.05, 4.69) is 66.2 Å². The summed E-state index contributed by atoms with van der Waals surface area (Å²) in [6.45, 7) is 7.70. The van der Waals surface area contributed by atoms with Crippen molar-refractivity contribution in [3.63, 3.8) is 0 Å². The van der Waals surface area contributed by atoms with Crippen LogP contribution in [0.1, 0.15) is 45.1 Å². The van der Waals surface area contributed by atoms with Gasteiger partial charge in [-0.3, -0.25) is 10.00 Å². The quantitative estimate of drug-likeness (QED) is 0.671.